The van der Waals surface area contributed by atoms with Crippen LogP contribution < -0.4 is 5.32 Å². The van der Waals surface area contributed by atoms with Crippen LogP contribution in [0.4, 0.5) is 10.7 Å². The molecule has 0 saturated carbocycles. The summed E-state index contributed by atoms with van der Waals surface area (Å²) in [6.45, 7) is 2.58. The predicted molar refractivity (Wildman–Crippen MR) is 66.3 cm³/mol. The van der Waals surface area contributed by atoms with E-state index in [4.69, 9.17) is 5.11 Å². The summed E-state index contributed by atoms with van der Waals surface area (Å²) < 4.78 is 1.69. The predicted octanol–water partition coefficient (Wildman–Crippen LogP) is 0.575. The molecule has 2 aromatic rings. The van der Waals surface area contributed by atoms with Crippen molar-refractivity contribution in [3.05, 3.63) is 24.4 Å². The molecule has 0 bridgehead atoms. The molecule has 0 saturated heterocycles. The Hall–Kier alpha value is -2.15. The Kier molecular flexibility index (Phi) is 3.73. The smallest absolute Gasteiger partial charge is 0.324 e. The zero-order chi connectivity index (χ0) is 13.0. The van der Waals surface area contributed by atoms with E-state index in [9.17, 15) is 4.79 Å². The summed E-state index contributed by atoms with van der Waals surface area (Å²) in [6.07, 6.45) is 1.77. The zero-order valence-electron chi connectivity index (χ0n) is 10.1. The Bertz CT molecular complexity index is 539. The molecule has 2 N–H and O–H groups in total. The number of pyridine rings is 1. The number of carbonyl (C=O) groups is 1. The summed E-state index contributed by atoms with van der Waals surface area (Å²) in [5.74, 6) is 0.368. The van der Waals surface area contributed by atoms with Crippen molar-refractivity contribution in [2.45, 2.75) is 6.92 Å². The van der Waals surface area contributed by atoms with E-state index in [-0.39, 0.29) is 12.6 Å². The number of aliphatic hydroxyl groups excluding tert-OH is 1. The lowest BCUT2D eigenvalue weighted by Crippen LogP contribution is -2.37. The van der Waals surface area contributed by atoms with E-state index in [1.165, 1.54) is 4.90 Å². The summed E-state index contributed by atoms with van der Waals surface area (Å²) >= 11 is 0. The fraction of sp³-hybridized carbons (Fsp3) is 0.364. The van der Waals surface area contributed by atoms with Gasteiger partial charge in [-0.2, -0.15) is 0 Å². The van der Waals surface area contributed by atoms with Crippen LogP contribution in [0.2, 0.25) is 0 Å². The number of likely N-dealkylation sites (N-methyl/N-ethyl adjacent to an activating group) is 1. The quantitative estimate of drug-likeness (QED) is 0.830. The maximum Gasteiger partial charge on any atom is 0.324 e. The van der Waals surface area contributed by atoms with Crippen LogP contribution in [0.5, 0.6) is 0 Å². The van der Waals surface area contributed by atoms with Gasteiger partial charge in [0.15, 0.2) is 5.65 Å². The first-order valence-corrected chi connectivity index (χ1v) is 5.72. The molecule has 0 unspecified atom stereocenters. The maximum absolute atomic E-state index is 11.9. The number of nitrogens with zero attached hydrogens (tertiary/aromatic N) is 4. The fourth-order valence-corrected chi connectivity index (χ4v) is 1.63. The third-order valence-electron chi connectivity index (χ3n) is 2.57. The number of anilines is 1. The first-order chi connectivity index (χ1) is 8.76. The van der Waals surface area contributed by atoms with Crippen LogP contribution in [0, 0.1) is 0 Å². The average Bonchev–Trinajstić information content (AvgIpc) is 2.79. The second-order valence-corrected chi connectivity index (χ2v) is 3.69. The van der Waals surface area contributed by atoms with E-state index in [2.05, 4.69) is 15.5 Å². The lowest BCUT2D eigenvalue weighted by molar-refractivity contribution is 0.191. The molecule has 0 aromatic carbocycles. The van der Waals surface area contributed by atoms with Crippen LogP contribution in [0.25, 0.3) is 5.65 Å². The van der Waals surface area contributed by atoms with E-state index in [1.807, 2.05) is 19.1 Å². The van der Waals surface area contributed by atoms with Crippen molar-refractivity contribution in [1.29, 1.82) is 0 Å². The van der Waals surface area contributed by atoms with Crippen molar-refractivity contribution < 1.29 is 9.90 Å². The van der Waals surface area contributed by atoms with Gasteiger partial charge >= 0.3 is 6.03 Å². The minimum atomic E-state index is -0.301. The van der Waals surface area contributed by atoms with Crippen LogP contribution >= 0.6 is 0 Å². The molecule has 0 aliphatic rings. The molecule has 0 spiro atoms. The van der Waals surface area contributed by atoms with Crippen molar-refractivity contribution >= 4 is 17.6 Å². The molecule has 0 atom stereocenters. The van der Waals surface area contributed by atoms with Crippen molar-refractivity contribution in [2.75, 3.05) is 25.0 Å². The number of rotatable bonds is 4. The molecular formula is C11H15N5O2. The third kappa shape index (κ3) is 2.40. The minimum Gasteiger partial charge on any atom is -0.395 e. The molecule has 7 heteroatoms. The van der Waals surface area contributed by atoms with E-state index in [0.29, 0.717) is 24.7 Å². The monoisotopic (exact) mass is 249 g/mol. The first-order valence-electron chi connectivity index (χ1n) is 5.72. The van der Waals surface area contributed by atoms with Crippen LogP contribution in [0.15, 0.2) is 24.4 Å². The molecule has 2 rings (SSSR count). The van der Waals surface area contributed by atoms with Gasteiger partial charge in [-0.15, -0.1) is 10.2 Å². The summed E-state index contributed by atoms with van der Waals surface area (Å²) in [5.41, 5.74) is 0.665. The van der Waals surface area contributed by atoms with Gasteiger partial charge in [0.25, 0.3) is 0 Å². The second kappa shape index (κ2) is 5.46. The molecule has 96 valence electrons. The number of urea groups is 1. The van der Waals surface area contributed by atoms with E-state index < -0.39 is 0 Å². The molecule has 7 nitrogen and oxygen atoms in total. The highest BCUT2D eigenvalue weighted by Gasteiger charge is 2.14. The maximum atomic E-state index is 11.9. The summed E-state index contributed by atoms with van der Waals surface area (Å²) in [6, 6.07) is 5.18. The van der Waals surface area contributed by atoms with Crippen molar-refractivity contribution in [1.82, 2.24) is 19.5 Å². The van der Waals surface area contributed by atoms with Crippen molar-refractivity contribution in [2.24, 2.45) is 0 Å². The van der Waals surface area contributed by atoms with Gasteiger partial charge in [-0.3, -0.25) is 9.72 Å². The number of fused-ring (bicyclic) bond motifs is 1. The Morgan fingerprint density at radius 3 is 3.06 bits per heavy atom. The van der Waals surface area contributed by atoms with E-state index in [1.54, 1.807) is 16.7 Å². The standard InChI is InChI=1S/C11H15N5O2/c1-2-15(7-8-17)11(18)12-10-14-13-9-5-3-4-6-16(9)10/h3-6,17H,2,7-8H2,1H3,(H,12,14,18). The van der Waals surface area contributed by atoms with Gasteiger partial charge in [0, 0.05) is 19.3 Å². The molecule has 18 heavy (non-hydrogen) atoms. The Balaban J connectivity index is 2.16. The molecule has 0 aliphatic carbocycles. The Labute approximate surface area is 104 Å². The molecule has 2 amide bonds. The van der Waals surface area contributed by atoms with Crippen molar-refractivity contribution in [3.8, 4) is 0 Å². The number of amides is 2. The summed E-state index contributed by atoms with van der Waals surface area (Å²) in [4.78, 5) is 13.4. The van der Waals surface area contributed by atoms with Crippen LogP contribution in [-0.2, 0) is 0 Å². The fourth-order valence-electron chi connectivity index (χ4n) is 1.63. The van der Waals surface area contributed by atoms with Gasteiger partial charge in [0.1, 0.15) is 0 Å². The molecule has 2 heterocycles. The molecule has 0 fully saturated rings. The molecule has 0 radical (unpaired) electrons. The van der Waals surface area contributed by atoms with E-state index in [0.717, 1.165) is 0 Å². The number of aliphatic hydroxyl groups is 1. The lowest BCUT2D eigenvalue weighted by Gasteiger charge is -2.19. The highest BCUT2D eigenvalue weighted by atomic mass is 16.3. The number of hydrogen-bond donors (Lipinski definition) is 2. The highest BCUT2D eigenvalue weighted by molar-refractivity contribution is 5.87. The summed E-state index contributed by atoms with van der Waals surface area (Å²) in [5, 5.41) is 19.4. The van der Waals surface area contributed by atoms with Gasteiger partial charge in [-0.25, -0.2) is 4.79 Å². The Morgan fingerprint density at radius 2 is 2.33 bits per heavy atom. The van der Waals surface area contributed by atoms with Crippen LogP contribution in [0.1, 0.15) is 6.92 Å². The second-order valence-electron chi connectivity index (χ2n) is 3.69. The molecule has 0 aliphatic heterocycles. The third-order valence-corrected chi connectivity index (χ3v) is 2.57. The zero-order valence-corrected chi connectivity index (χ0v) is 10.1. The minimum absolute atomic E-state index is 0.0676. The van der Waals surface area contributed by atoms with Crippen molar-refractivity contribution in [3.63, 3.8) is 0 Å². The van der Waals surface area contributed by atoms with Gasteiger partial charge in [0.2, 0.25) is 5.95 Å². The Morgan fingerprint density at radius 1 is 1.50 bits per heavy atom. The van der Waals surface area contributed by atoms with Crippen LogP contribution in [0.3, 0.4) is 0 Å². The normalized spacial score (nSPS) is 10.6. The number of aromatic nitrogens is 3. The van der Waals surface area contributed by atoms with Gasteiger partial charge in [-0.05, 0) is 19.1 Å². The topological polar surface area (TPSA) is 82.8 Å². The van der Waals surface area contributed by atoms with Gasteiger partial charge in [-0.1, -0.05) is 6.07 Å². The highest BCUT2D eigenvalue weighted by Crippen LogP contribution is 2.08. The SMILES string of the molecule is CCN(CCO)C(=O)Nc1nnc2ccccn12. The van der Waals surface area contributed by atoms with Gasteiger partial charge in [0.05, 0.1) is 6.61 Å². The van der Waals surface area contributed by atoms with E-state index >= 15 is 0 Å². The molecular weight excluding hydrogens is 234 g/mol. The summed E-state index contributed by atoms with van der Waals surface area (Å²) in [7, 11) is 0. The number of carbonyl (C=O) groups excluding carboxylic acids is 1. The lowest BCUT2D eigenvalue weighted by atomic mass is 10.5. The first kappa shape index (κ1) is 12.3. The number of nitrogens with one attached hydrogen (secondary N) is 1. The van der Waals surface area contributed by atoms with Crippen LogP contribution in [-0.4, -0.2) is 50.3 Å². The van der Waals surface area contributed by atoms with Gasteiger partial charge < -0.3 is 10.0 Å². The number of hydrogen-bond acceptors (Lipinski definition) is 4. The largest absolute Gasteiger partial charge is 0.395 e. The average molecular weight is 249 g/mol. The molecule has 2 aromatic heterocycles.